The fourth-order valence-corrected chi connectivity index (χ4v) is 2.12. The molecule has 1 fully saturated rings. The normalized spacial score (nSPS) is 28.8. The summed E-state index contributed by atoms with van der Waals surface area (Å²) in [6.07, 6.45) is 2.23. The summed E-state index contributed by atoms with van der Waals surface area (Å²) in [5.41, 5.74) is 0.213. The largest absolute Gasteiger partial charge is 0.511 e. The summed E-state index contributed by atoms with van der Waals surface area (Å²) in [6, 6.07) is 0.0481. The molecule has 0 bridgehead atoms. The zero-order valence-electron chi connectivity index (χ0n) is 9.27. The van der Waals surface area contributed by atoms with E-state index in [2.05, 4.69) is 10.3 Å². The Bertz CT molecular complexity index is 349. The number of aliphatic imine (C=N–C) groups is 1. The van der Waals surface area contributed by atoms with E-state index < -0.39 is 5.97 Å². The van der Waals surface area contributed by atoms with E-state index in [1.165, 1.54) is 6.21 Å². The lowest BCUT2D eigenvalue weighted by Crippen LogP contribution is -2.42. The predicted octanol–water partition coefficient (Wildman–Crippen LogP) is 0.424. The summed E-state index contributed by atoms with van der Waals surface area (Å²) in [6.45, 7) is 3.64. The fraction of sp³-hybridized carbons (Fsp3) is 0.636. The number of ether oxygens (including phenoxy) is 1. The number of rotatable bonds is 2. The quantitative estimate of drug-likeness (QED) is 0.667. The van der Waals surface area contributed by atoms with Crippen molar-refractivity contribution >= 4 is 12.2 Å². The first kappa shape index (κ1) is 11.1. The van der Waals surface area contributed by atoms with Gasteiger partial charge in [-0.15, -0.1) is 0 Å². The molecule has 0 radical (unpaired) electrons. The lowest BCUT2D eigenvalue weighted by Gasteiger charge is -2.31. The summed E-state index contributed by atoms with van der Waals surface area (Å²) in [5, 5.41) is 13.2. The van der Waals surface area contributed by atoms with Crippen LogP contribution in [0.25, 0.3) is 0 Å². The number of carbonyl (C=O) groups is 1. The molecule has 1 saturated heterocycles. The van der Waals surface area contributed by atoms with Gasteiger partial charge < -0.3 is 15.2 Å². The molecule has 0 amide bonds. The maximum atomic E-state index is 11.5. The second kappa shape index (κ2) is 4.65. The molecule has 0 spiro atoms. The maximum absolute atomic E-state index is 11.5. The smallest absolute Gasteiger partial charge is 0.343 e. The van der Waals surface area contributed by atoms with Crippen LogP contribution < -0.4 is 5.32 Å². The van der Waals surface area contributed by atoms with E-state index in [1.54, 1.807) is 6.92 Å². The minimum absolute atomic E-state index is 0.0364. The van der Waals surface area contributed by atoms with Gasteiger partial charge in [0.2, 0.25) is 0 Å². The molecule has 0 aromatic heterocycles. The van der Waals surface area contributed by atoms with Gasteiger partial charge in [0, 0.05) is 18.7 Å². The van der Waals surface area contributed by atoms with Crippen molar-refractivity contribution in [1.29, 1.82) is 0 Å². The lowest BCUT2D eigenvalue weighted by molar-refractivity contribution is -0.138. The Kier molecular flexibility index (Phi) is 3.24. The van der Waals surface area contributed by atoms with Crippen LogP contribution in [0.4, 0.5) is 0 Å². The molecule has 5 heteroatoms. The third-order valence-corrected chi connectivity index (χ3v) is 2.97. The number of dihydropyridines is 1. The molecule has 2 heterocycles. The van der Waals surface area contributed by atoms with Gasteiger partial charge in [-0.25, -0.2) is 4.79 Å². The van der Waals surface area contributed by atoms with Gasteiger partial charge in [0.1, 0.15) is 11.3 Å². The molecule has 88 valence electrons. The zero-order valence-corrected chi connectivity index (χ0v) is 9.27. The first-order valence-electron chi connectivity index (χ1n) is 5.58. The van der Waals surface area contributed by atoms with Gasteiger partial charge in [0.25, 0.3) is 0 Å². The van der Waals surface area contributed by atoms with Crippen LogP contribution in [-0.2, 0) is 9.53 Å². The number of nitrogens with one attached hydrogen (secondary N) is 1. The molecule has 0 aromatic rings. The van der Waals surface area contributed by atoms with Crippen molar-refractivity contribution in [3.05, 3.63) is 11.3 Å². The average molecular weight is 224 g/mol. The Morgan fingerprint density at radius 2 is 2.56 bits per heavy atom. The number of nitrogens with zero attached hydrogens (tertiary/aromatic N) is 1. The molecule has 16 heavy (non-hydrogen) atoms. The number of aliphatic hydroxyl groups excluding tert-OH is 1. The van der Waals surface area contributed by atoms with Crippen LogP contribution in [0.3, 0.4) is 0 Å². The fourth-order valence-electron chi connectivity index (χ4n) is 2.12. The van der Waals surface area contributed by atoms with E-state index in [4.69, 9.17) is 4.74 Å². The highest BCUT2D eigenvalue weighted by molar-refractivity contribution is 6.10. The summed E-state index contributed by atoms with van der Waals surface area (Å²) < 4.78 is 4.87. The van der Waals surface area contributed by atoms with Gasteiger partial charge in [0.15, 0.2) is 0 Å². The Balaban J connectivity index is 2.19. The Morgan fingerprint density at radius 3 is 3.31 bits per heavy atom. The molecule has 0 aliphatic carbocycles. The van der Waals surface area contributed by atoms with Crippen LogP contribution in [0, 0.1) is 5.92 Å². The number of fused-ring (bicyclic) bond motifs is 1. The second-order valence-electron chi connectivity index (χ2n) is 3.96. The average Bonchev–Trinajstić information content (AvgIpc) is 2.30. The number of hydrogen-bond acceptors (Lipinski definition) is 5. The SMILES string of the molecule is CCOC(=O)C1=C(O)C2CCNCC2N=C1. The standard InChI is InChI=1S/C11H16N2O3/c1-2-16-11(15)8-5-13-9-6-12-4-3-7(9)10(8)14/h5,7,9,12,14H,2-4,6H2,1H3. The minimum atomic E-state index is -0.485. The molecule has 2 atom stereocenters. The highest BCUT2D eigenvalue weighted by Gasteiger charge is 2.34. The van der Waals surface area contributed by atoms with Gasteiger partial charge in [-0.05, 0) is 19.9 Å². The second-order valence-corrected chi connectivity index (χ2v) is 3.96. The number of aliphatic hydroxyl groups is 1. The predicted molar refractivity (Wildman–Crippen MR) is 59.5 cm³/mol. The topological polar surface area (TPSA) is 70.9 Å². The molecule has 0 saturated carbocycles. The molecular formula is C11H16N2O3. The van der Waals surface area contributed by atoms with E-state index in [0.29, 0.717) is 6.61 Å². The molecule has 0 aromatic carbocycles. The van der Waals surface area contributed by atoms with Crippen molar-refractivity contribution < 1.29 is 14.6 Å². The Morgan fingerprint density at radius 1 is 1.75 bits per heavy atom. The number of hydrogen-bond donors (Lipinski definition) is 2. The van der Waals surface area contributed by atoms with Crippen LogP contribution in [0.15, 0.2) is 16.3 Å². The van der Waals surface area contributed by atoms with Gasteiger partial charge >= 0.3 is 5.97 Å². The van der Waals surface area contributed by atoms with Crippen LogP contribution >= 0.6 is 0 Å². The zero-order chi connectivity index (χ0) is 11.5. The first-order valence-corrected chi connectivity index (χ1v) is 5.58. The van der Waals surface area contributed by atoms with E-state index in [-0.39, 0.29) is 23.3 Å². The number of esters is 1. The van der Waals surface area contributed by atoms with Crippen LogP contribution in [0.2, 0.25) is 0 Å². The van der Waals surface area contributed by atoms with Gasteiger partial charge in [0.05, 0.1) is 12.6 Å². The van der Waals surface area contributed by atoms with E-state index in [9.17, 15) is 9.90 Å². The van der Waals surface area contributed by atoms with Crippen LogP contribution in [0.1, 0.15) is 13.3 Å². The maximum Gasteiger partial charge on any atom is 0.343 e. The third-order valence-electron chi connectivity index (χ3n) is 2.97. The van der Waals surface area contributed by atoms with Crippen molar-refractivity contribution in [3.8, 4) is 0 Å². The van der Waals surface area contributed by atoms with Gasteiger partial charge in [-0.3, -0.25) is 4.99 Å². The highest BCUT2D eigenvalue weighted by atomic mass is 16.5. The van der Waals surface area contributed by atoms with E-state index in [0.717, 1.165) is 19.5 Å². The van der Waals surface area contributed by atoms with Crippen molar-refractivity contribution in [2.24, 2.45) is 10.9 Å². The van der Waals surface area contributed by atoms with E-state index >= 15 is 0 Å². The molecular weight excluding hydrogens is 208 g/mol. The molecule has 5 nitrogen and oxygen atoms in total. The molecule has 2 aliphatic heterocycles. The lowest BCUT2D eigenvalue weighted by atomic mass is 9.87. The van der Waals surface area contributed by atoms with E-state index in [1.807, 2.05) is 0 Å². The third kappa shape index (κ3) is 1.95. The Hall–Kier alpha value is -1.36. The first-order chi connectivity index (χ1) is 7.74. The van der Waals surface area contributed by atoms with Crippen molar-refractivity contribution in [3.63, 3.8) is 0 Å². The number of piperidine rings is 1. The Labute approximate surface area is 94.2 Å². The summed E-state index contributed by atoms with van der Waals surface area (Å²) in [4.78, 5) is 15.8. The number of carbonyl (C=O) groups excluding carboxylic acids is 1. The molecule has 2 rings (SSSR count). The molecule has 2 aliphatic rings. The summed E-state index contributed by atoms with van der Waals surface area (Å²) >= 11 is 0. The van der Waals surface area contributed by atoms with Gasteiger partial charge in [-0.1, -0.05) is 0 Å². The van der Waals surface area contributed by atoms with Crippen LogP contribution in [0.5, 0.6) is 0 Å². The van der Waals surface area contributed by atoms with Crippen molar-refractivity contribution in [2.75, 3.05) is 19.7 Å². The van der Waals surface area contributed by atoms with Crippen LogP contribution in [-0.4, -0.2) is 43.0 Å². The molecule has 2 unspecified atom stereocenters. The molecule has 2 N–H and O–H groups in total. The van der Waals surface area contributed by atoms with Crippen molar-refractivity contribution in [2.45, 2.75) is 19.4 Å². The minimum Gasteiger partial charge on any atom is -0.511 e. The monoisotopic (exact) mass is 224 g/mol. The summed E-state index contributed by atoms with van der Waals surface area (Å²) in [5.74, 6) is -0.383. The van der Waals surface area contributed by atoms with Crippen molar-refractivity contribution in [1.82, 2.24) is 5.32 Å². The highest BCUT2D eigenvalue weighted by Crippen LogP contribution is 2.28. The van der Waals surface area contributed by atoms with Gasteiger partial charge in [-0.2, -0.15) is 0 Å². The summed E-state index contributed by atoms with van der Waals surface area (Å²) in [7, 11) is 0.